The number of carboxylic acids is 1. The van der Waals surface area contributed by atoms with E-state index in [2.05, 4.69) is 20.7 Å². The first-order valence-electron chi connectivity index (χ1n) is 8.75. The number of anilines is 1. The first-order valence-corrected chi connectivity index (χ1v) is 11.2. The standard InChI is InChI=1S/C21H15BrF3NO4S/c22-18-11-16(21(23,24)25)8-6-15(18)12-31(29,30)26-19-10-14(7-9-17(19)20(27)28)13-4-2-1-3-5-13/h1-11,26H,12H2,(H,27,28). The molecule has 0 saturated carbocycles. The fourth-order valence-electron chi connectivity index (χ4n) is 2.87. The summed E-state index contributed by atoms with van der Waals surface area (Å²) in [4.78, 5) is 11.6. The summed E-state index contributed by atoms with van der Waals surface area (Å²) in [7, 11) is -4.14. The highest BCUT2D eigenvalue weighted by Crippen LogP contribution is 2.33. The molecule has 0 aliphatic carbocycles. The van der Waals surface area contributed by atoms with Crippen molar-refractivity contribution >= 4 is 37.6 Å². The zero-order chi connectivity index (χ0) is 22.8. The molecule has 3 rings (SSSR count). The van der Waals surface area contributed by atoms with Gasteiger partial charge in [-0.25, -0.2) is 13.2 Å². The molecular formula is C21H15BrF3NO4S. The highest BCUT2D eigenvalue weighted by molar-refractivity contribution is 9.10. The molecule has 0 unspecified atom stereocenters. The molecule has 3 aromatic rings. The maximum atomic E-state index is 12.8. The monoisotopic (exact) mass is 513 g/mol. The summed E-state index contributed by atoms with van der Waals surface area (Å²) in [6.45, 7) is 0. The number of rotatable bonds is 6. The molecule has 10 heteroatoms. The first kappa shape index (κ1) is 22.8. The molecule has 0 aliphatic rings. The fraction of sp³-hybridized carbons (Fsp3) is 0.0952. The molecule has 0 aliphatic heterocycles. The van der Waals surface area contributed by atoms with Gasteiger partial charge in [0.15, 0.2) is 0 Å². The highest BCUT2D eigenvalue weighted by Gasteiger charge is 2.31. The van der Waals surface area contributed by atoms with E-state index in [0.29, 0.717) is 5.56 Å². The molecule has 0 saturated heterocycles. The Labute approximate surface area is 184 Å². The molecule has 162 valence electrons. The lowest BCUT2D eigenvalue weighted by molar-refractivity contribution is -0.137. The van der Waals surface area contributed by atoms with Crippen LogP contribution in [0.3, 0.4) is 0 Å². The number of alkyl halides is 3. The number of nitrogens with one attached hydrogen (secondary N) is 1. The predicted molar refractivity (Wildman–Crippen MR) is 114 cm³/mol. The third-order valence-electron chi connectivity index (χ3n) is 4.35. The van der Waals surface area contributed by atoms with E-state index in [1.54, 1.807) is 36.4 Å². The van der Waals surface area contributed by atoms with Crippen molar-refractivity contribution in [3.63, 3.8) is 0 Å². The van der Waals surface area contributed by atoms with Gasteiger partial charge in [-0.05, 0) is 41.0 Å². The number of carbonyl (C=O) groups is 1. The van der Waals surface area contributed by atoms with Crippen molar-refractivity contribution in [2.45, 2.75) is 11.9 Å². The van der Waals surface area contributed by atoms with Gasteiger partial charge in [-0.3, -0.25) is 4.72 Å². The molecule has 3 aromatic carbocycles. The molecule has 0 aromatic heterocycles. The Morgan fingerprint density at radius 3 is 2.23 bits per heavy atom. The van der Waals surface area contributed by atoms with Crippen molar-refractivity contribution in [1.82, 2.24) is 0 Å². The average molecular weight is 514 g/mol. The van der Waals surface area contributed by atoms with Crippen molar-refractivity contribution in [1.29, 1.82) is 0 Å². The van der Waals surface area contributed by atoms with E-state index < -0.39 is 33.5 Å². The number of aromatic carboxylic acids is 1. The second-order valence-corrected chi connectivity index (χ2v) is 9.17. The van der Waals surface area contributed by atoms with Crippen LogP contribution < -0.4 is 4.72 Å². The van der Waals surface area contributed by atoms with E-state index in [9.17, 15) is 31.5 Å². The van der Waals surface area contributed by atoms with Gasteiger partial charge in [0, 0.05) is 4.47 Å². The Kier molecular flexibility index (Phi) is 6.42. The van der Waals surface area contributed by atoms with Gasteiger partial charge in [-0.2, -0.15) is 13.2 Å². The lowest BCUT2D eigenvalue weighted by Crippen LogP contribution is -2.18. The van der Waals surface area contributed by atoms with Crippen LogP contribution in [-0.2, 0) is 22.0 Å². The normalized spacial score (nSPS) is 11.9. The van der Waals surface area contributed by atoms with E-state index in [0.717, 1.165) is 23.8 Å². The summed E-state index contributed by atoms with van der Waals surface area (Å²) in [6, 6.07) is 15.8. The summed E-state index contributed by atoms with van der Waals surface area (Å²) >= 11 is 2.97. The van der Waals surface area contributed by atoms with Crippen LogP contribution in [0.25, 0.3) is 11.1 Å². The summed E-state index contributed by atoms with van der Waals surface area (Å²) in [6.07, 6.45) is -4.56. The maximum Gasteiger partial charge on any atom is 0.416 e. The first-order chi connectivity index (χ1) is 14.5. The van der Waals surface area contributed by atoms with Crippen molar-refractivity contribution in [2.24, 2.45) is 0 Å². The minimum Gasteiger partial charge on any atom is -0.478 e. The number of hydrogen-bond donors (Lipinski definition) is 2. The molecule has 0 spiro atoms. The Hall–Kier alpha value is -2.85. The van der Waals surface area contributed by atoms with Crippen LogP contribution in [0.15, 0.2) is 71.2 Å². The molecule has 31 heavy (non-hydrogen) atoms. The Morgan fingerprint density at radius 1 is 0.968 bits per heavy atom. The molecule has 0 fully saturated rings. The van der Waals surface area contributed by atoms with Crippen molar-refractivity contribution < 1.29 is 31.5 Å². The van der Waals surface area contributed by atoms with Gasteiger partial charge in [0.2, 0.25) is 10.0 Å². The van der Waals surface area contributed by atoms with E-state index in [-0.39, 0.29) is 21.3 Å². The second-order valence-electron chi connectivity index (χ2n) is 6.60. The number of carboxylic acid groups (broad SMARTS) is 1. The van der Waals surface area contributed by atoms with Gasteiger partial charge in [-0.15, -0.1) is 0 Å². The van der Waals surface area contributed by atoms with Crippen LogP contribution in [-0.4, -0.2) is 19.5 Å². The lowest BCUT2D eigenvalue weighted by Gasteiger charge is -2.14. The zero-order valence-electron chi connectivity index (χ0n) is 15.7. The molecule has 0 bridgehead atoms. The van der Waals surface area contributed by atoms with Crippen LogP contribution in [0.2, 0.25) is 0 Å². The van der Waals surface area contributed by atoms with E-state index in [4.69, 9.17) is 0 Å². The predicted octanol–water partition coefficient (Wildman–Crippen LogP) is 5.78. The third kappa shape index (κ3) is 5.65. The highest BCUT2D eigenvalue weighted by atomic mass is 79.9. The van der Waals surface area contributed by atoms with Crippen LogP contribution >= 0.6 is 15.9 Å². The molecule has 0 atom stereocenters. The van der Waals surface area contributed by atoms with Gasteiger partial charge in [-0.1, -0.05) is 58.4 Å². The number of hydrogen-bond acceptors (Lipinski definition) is 3. The van der Waals surface area contributed by atoms with Crippen LogP contribution in [0.5, 0.6) is 0 Å². The van der Waals surface area contributed by atoms with Gasteiger partial charge >= 0.3 is 12.1 Å². The average Bonchev–Trinajstić information content (AvgIpc) is 2.68. The van der Waals surface area contributed by atoms with Crippen LogP contribution in [0.1, 0.15) is 21.5 Å². The molecule has 5 nitrogen and oxygen atoms in total. The van der Waals surface area contributed by atoms with E-state index in [1.807, 2.05) is 0 Å². The molecule has 0 heterocycles. The quantitative estimate of drug-likeness (QED) is 0.437. The number of sulfonamides is 1. The maximum absolute atomic E-state index is 12.8. The molecule has 2 N–H and O–H groups in total. The topological polar surface area (TPSA) is 83.5 Å². The minimum atomic E-state index is -4.56. The summed E-state index contributed by atoms with van der Waals surface area (Å²) < 4.78 is 66.0. The zero-order valence-corrected chi connectivity index (χ0v) is 18.1. The van der Waals surface area contributed by atoms with Gasteiger partial charge in [0.1, 0.15) is 0 Å². The van der Waals surface area contributed by atoms with Gasteiger partial charge < -0.3 is 5.11 Å². The molecule has 0 amide bonds. The Morgan fingerprint density at radius 2 is 1.65 bits per heavy atom. The Balaban J connectivity index is 1.92. The van der Waals surface area contributed by atoms with Crippen molar-refractivity contribution in [3.8, 4) is 11.1 Å². The summed E-state index contributed by atoms with van der Waals surface area (Å²) in [5.74, 6) is -1.98. The smallest absolute Gasteiger partial charge is 0.416 e. The van der Waals surface area contributed by atoms with Crippen molar-refractivity contribution in [3.05, 3.63) is 87.9 Å². The van der Waals surface area contributed by atoms with E-state index >= 15 is 0 Å². The molecular weight excluding hydrogens is 499 g/mol. The van der Waals surface area contributed by atoms with E-state index in [1.165, 1.54) is 12.1 Å². The summed E-state index contributed by atoms with van der Waals surface area (Å²) in [5, 5.41) is 9.42. The number of halogens is 4. The Bertz CT molecular complexity index is 1230. The largest absolute Gasteiger partial charge is 0.478 e. The fourth-order valence-corrected chi connectivity index (χ4v) is 4.82. The SMILES string of the molecule is O=C(O)c1ccc(-c2ccccc2)cc1NS(=O)(=O)Cc1ccc(C(F)(F)F)cc1Br. The molecule has 0 radical (unpaired) electrons. The van der Waals surface area contributed by atoms with Crippen LogP contribution in [0, 0.1) is 0 Å². The summed E-state index contributed by atoms with van der Waals surface area (Å²) in [5.41, 5.74) is 0.129. The van der Waals surface area contributed by atoms with Crippen molar-refractivity contribution in [2.75, 3.05) is 4.72 Å². The van der Waals surface area contributed by atoms with Crippen LogP contribution in [0.4, 0.5) is 18.9 Å². The second kappa shape index (κ2) is 8.72. The third-order valence-corrected chi connectivity index (χ3v) is 6.31. The minimum absolute atomic E-state index is 0.0239. The van der Waals surface area contributed by atoms with Gasteiger partial charge in [0.25, 0.3) is 0 Å². The number of benzene rings is 3. The lowest BCUT2D eigenvalue weighted by atomic mass is 10.0. The van der Waals surface area contributed by atoms with Gasteiger partial charge in [0.05, 0.1) is 22.6 Å².